The summed E-state index contributed by atoms with van der Waals surface area (Å²) in [5.74, 6) is 2.05. The number of carbonyl (C=O) groups excluding carboxylic acids is 1. The number of fused-ring (bicyclic) bond motifs is 1. The van der Waals surface area contributed by atoms with Crippen LogP contribution in [0.5, 0.6) is 11.5 Å². The second-order valence-electron chi connectivity index (χ2n) is 6.13. The van der Waals surface area contributed by atoms with Crippen molar-refractivity contribution in [3.8, 4) is 11.5 Å². The molecule has 2 aliphatic heterocycles. The summed E-state index contributed by atoms with van der Waals surface area (Å²) in [6.07, 6.45) is 0. The number of aliphatic hydroxyl groups is 1. The second kappa shape index (κ2) is 6.54. The number of nitrogens with zero attached hydrogens (tertiary/aromatic N) is 3. The molecule has 0 radical (unpaired) electrons. The Labute approximate surface area is 131 Å². The summed E-state index contributed by atoms with van der Waals surface area (Å²) in [7, 11) is 3.85. The van der Waals surface area contributed by atoms with Crippen molar-refractivity contribution >= 4 is 5.91 Å². The molecule has 1 aromatic carbocycles. The summed E-state index contributed by atoms with van der Waals surface area (Å²) in [5.41, 5.74) is 1.24. The van der Waals surface area contributed by atoms with Gasteiger partial charge in [-0.3, -0.25) is 9.69 Å². The van der Waals surface area contributed by atoms with Crippen molar-refractivity contribution in [1.29, 1.82) is 0 Å². The zero-order valence-electron chi connectivity index (χ0n) is 13.3. The molecule has 0 bridgehead atoms. The minimum absolute atomic E-state index is 0.220. The van der Waals surface area contributed by atoms with Gasteiger partial charge in [0.15, 0.2) is 0 Å². The van der Waals surface area contributed by atoms with Gasteiger partial charge in [-0.25, -0.2) is 0 Å². The van der Waals surface area contributed by atoms with Crippen LogP contribution in [0, 0.1) is 0 Å². The average molecular weight is 306 g/mol. The molecule has 0 saturated carbocycles. The van der Waals surface area contributed by atoms with Crippen LogP contribution in [0.25, 0.3) is 0 Å². The van der Waals surface area contributed by atoms with Crippen LogP contribution < -0.4 is 4.74 Å². The molecule has 1 amide bonds. The molecule has 1 fully saturated rings. The second-order valence-corrected chi connectivity index (χ2v) is 6.13. The van der Waals surface area contributed by atoms with Crippen molar-refractivity contribution in [2.45, 2.75) is 6.54 Å². The predicted molar refractivity (Wildman–Crippen MR) is 84.0 cm³/mol. The number of carbonyl (C=O) groups is 1. The van der Waals surface area contributed by atoms with Crippen molar-refractivity contribution < 1.29 is 14.3 Å². The maximum Gasteiger partial charge on any atom is 0.327 e. The van der Waals surface area contributed by atoms with Crippen molar-refractivity contribution in [2.24, 2.45) is 0 Å². The van der Waals surface area contributed by atoms with Gasteiger partial charge in [0.05, 0.1) is 6.54 Å². The van der Waals surface area contributed by atoms with Gasteiger partial charge < -0.3 is 19.3 Å². The van der Waals surface area contributed by atoms with Crippen LogP contribution in [-0.2, 0) is 11.3 Å². The Bertz CT molecular complexity index is 539. The lowest BCUT2D eigenvalue weighted by Gasteiger charge is -2.35. The van der Waals surface area contributed by atoms with Crippen molar-refractivity contribution in [3.05, 3.63) is 23.8 Å². The fraction of sp³-hybridized carbons (Fsp3) is 0.562. The summed E-state index contributed by atoms with van der Waals surface area (Å²) in [4.78, 5) is 18.3. The molecule has 120 valence electrons. The van der Waals surface area contributed by atoms with E-state index in [1.54, 1.807) is 0 Å². The van der Waals surface area contributed by atoms with Gasteiger partial charge in [0.2, 0.25) is 11.7 Å². The van der Waals surface area contributed by atoms with Gasteiger partial charge in [-0.1, -0.05) is 0 Å². The van der Waals surface area contributed by atoms with Gasteiger partial charge >= 0.3 is 6.79 Å². The summed E-state index contributed by atoms with van der Waals surface area (Å²) in [6.45, 7) is 5.28. The molecular weight excluding hydrogens is 282 g/mol. The molecule has 1 aromatic rings. The first-order chi connectivity index (χ1) is 10.6. The van der Waals surface area contributed by atoms with Crippen LogP contribution in [-0.4, -0.2) is 79.0 Å². The molecule has 6 heteroatoms. The minimum atomic E-state index is 0.220. The number of aromatic hydroxyl groups is 1. The molecule has 1 saturated heterocycles. The number of ether oxygens (including phenoxy) is 2. The molecule has 2 heterocycles. The lowest BCUT2D eigenvalue weighted by atomic mass is 10.1. The van der Waals surface area contributed by atoms with Crippen molar-refractivity contribution in [2.75, 3.05) is 53.6 Å². The van der Waals surface area contributed by atoms with Crippen LogP contribution >= 0.6 is 0 Å². The topological polar surface area (TPSA) is 48.8 Å². The maximum absolute atomic E-state index is 12.0. The first-order valence-corrected chi connectivity index (χ1v) is 7.70. The lowest BCUT2D eigenvalue weighted by Crippen LogP contribution is -2.50. The number of likely N-dealkylation sites (N-methyl/N-ethyl adjacent to an activating group) is 1. The van der Waals surface area contributed by atoms with E-state index in [-0.39, 0.29) is 5.91 Å². The Kier molecular flexibility index (Phi) is 4.49. The van der Waals surface area contributed by atoms with E-state index in [1.807, 2.05) is 30.0 Å². The van der Waals surface area contributed by atoms with E-state index in [4.69, 9.17) is 4.74 Å². The Morgan fingerprint density at radius 1 is 1.27 bits per heavy atom. The molecule has 0 unspecified atom stereocenters. The number of rotatable bonds is 4. The van der Waals surface area contributed by atoms with E-state index in [0.29, 0.717) is 13.3 Å². The number of piperazine rings is 1. The summed E-state index contributed by atoms with van der Waals surface area (Å²) >= 11 is 0. The Balaban J connectivity index is 1.51. The SMILES string of the molecule is CN(C)CC(=O)N1CCN(Cc2ccc3c(c2)OC[OH+]3)CC1. The van der Waals surface area contributed by atoms with Gasteiger partial charge in [0.25, 0.3) is 5.75 Å². The quantitative estimate of drug-likeness (QED) is 0.760. The molecule has 0 aromatic heterocycles. The van der Waals surface area contributed by atoms with Crippen molar-refractivity contribution in [3.63, 3.8) is 0 Å². The van der Waals surface area contributed by atoms with E-state index in [0.717, 1.165) is 44.2 Å². The molecule has 0 spiro atoms. The third-order valence-electron chi connectivity index (χ3n) is 4.06. The Morgan fingerprint density at radius 3 is 2.77 bits per heavy atom. The van der Waals surface area contributed by atoms with Gasteiger partial charge in [0, 0.05) is 38.8 Å². The molecule has 2 aliphatic rings. The van der Waals surface area contributed by atoms with E-state index in [2.05, 4.69) is 21.8 Å². The van der Waals surface area contributed by atoms with E-state index in [1.165, 1.54) is 5.56 Å². The Morgan fingerprint density at radius 2 is 2.05 bits per heavy atom. The largest absolute Gasteiger partial charge is 0.551 e. The fourth-order valence-corrected chi connectivity index (χ4v) is 2.86. The average Bonchev–Trinajstić information content (AvgIpc) is 2.95. The highest BCUT2D eigenvalue weighted by Gasteiger charge is 2.23. The van der Waals surface area contributed by atoms with E-state index < -0.39 is 0 Å². The standard InChI is InChI=1S/C16H23N3O3/c1-17(2)11-16(20)19-7-5-18(6-8-19)10-13-3-4-14-15(9-13)22-12-21-14/h3-4,9H,5-8,10-12H2,1-2H3/p+1. The highest BCUT2D eigenvalue weighted by atomic mass is 16.7. The number of benzene rings is 1. The zero-order valence-corrected chi connectivity index (χ0v) is 13.3. The highest BCUT2D eigenvalue weighted by molar-refractivity contribution is 5.78. The fourth-order valence-electron chi connectivity index (χ4n) is 2.86. The van der Waals surface area contributed by atoms with Crippen LogP contribution in [0.4, 0.5) is 0 Å². The molecular formula is C16H24N3O3+. The van der Waals surface area contributed by atoms with E-state index in [9.17, 15) is 4.79 Å². The summed E-state index contributed by atoms with van der Waals surface area (Å²) in [5, 5.41) is 0. The number of amides is 1. The molecule has 0 atom stereocenters. The Hall–Kier alpha value is -1.79. The highest BCUT2D eigenvalue weighted by Crippen LogP contribution is 2.33. The monoisotopic (exact) mass is 306 g/mol. The first kappa shape index (κ1) is 15.1. The van der Waals surface area contributed by atoms with Crippen LogP contribution in [0.3, 0.4) is 0 Å². The molecule has 3 rings (SSSR count). The van der Waals surface area contributed by atoms with Crippen LogP contribution in [0.2, 0.25) is 0 Å². The molecule has 1 N–H and O–H groups in total. The van der Waals surface area contributed by atoms with Gasteiger partial charge in [-0.15, -0.1) is 0 Å². The number of hydrogen-bond donors (Lipinski definition) is 0. The van der Waals surface area contributed by atoms with Gasteiger partial charge in [0.1, 0.15) is 0 Å². The third-order valence-corrected chi connectivity index (χ3v) is 4.06. The number of hydrogen-bond acceptors (Lipinski definition) is 4. The smallest absolute Gasteiger partial charge is 0.327 e. The third kappa shape index (κ3) is 3.51. The predicted octanol–water partition coefficient (Wildman–Crippen LogP) is 0.484. The normalized spacial score (nSPS) is 18.0. The van der Waals surface area contributed by atoms with Crippen LogP contribution in [0.1, 0.15) is 5.56 Å². The molecule has 0 aliphatic carbocycles. The van der Waals surface area contributed by atoms with Gasteiger partial charge in [-0.05, 0) is 31.8 Å². The molecule has 22 heavy (non-hydrogen) atoms. The van der Waals surface area contributed by atoms with Crippen LogP contribution in [0.15, 0.2) is 18.2 Å². The van der Waals surface area contributed by atoms with Crippen molar-refractivity contribution in [1.82, 2.24) is 14.7 Å². The zero-order chi connectivity index (χ0) is 15.5. The summed E-state index contributed by atoms with van der Waals surface area (Å²) < 4.78 is 9.73. The molecule has 6 nitrogen and oxygen atoms in total. The first-order valence-electron chi connectivity index (χ1n) is 7.70. The van der Waals surface area contributed by atoms with Gasteiger partial charge in [-0.2, -0.15) is 0 Å². The summed E-state index contributed by atoms with van der Waals surface area (Å²) in [6, 6.07) is 6.21. The van der Waals surface area contributed by atoms with E-state index >= 15 is 0 Å². The lowest BCUT2D eigenvalue weighted by molar-refractivity contribution is -0.133. The maximum atomic E-state index is 12.0. The minimum Gasteiger partial charge on any atom is -0.551 e.